The average Bonchev–Trinajstić information content (AvgIpc) is 1.45. The molecule has 0 atom stereocenters. The third kappa shape index (κ3) is 8.94. The quantitative estimate of drug-likeness (QED) is 0.114. The van der Waals surface area contributed by atoms with Crippen molar-refractivity contribution in [2.45, 2.75) is 78.6 Å². The van der Waals surface area contributed by atoms with E-state index in [1.54, 1.807) is 0 Å². The number of hydrogen-bond donors (Lipinski definition) is 0. The first-order valence-electron chi connectivity index (χ1n) is 34.8. The highest BCUT2D eigenvalue weighted by molar-refractivity contribution is 7.00. The van der Waals surface area contributed by atoms with Gasteiger partial charge in [0.05, 0.1) is 33.4 Å². The summed E-state index contributed by atoms with van der Waals surface area (Å²) in [6, 6.07) is 100. The summed E-state index contributed by atoms with van der Waals surface area (Å²) in [5.74, 6) is 0. The van der Waals surface area contributed by atoms with Gasteiger partial charge in [0.2, 0.25) is 0 Å². The van der Waals surface area contributed by atoms with E-state index in [1.807, 2.05) is 0 Å². The van der Waals surface area contributed by atoms with E-state index in [4.69, 9.17) is 8.83 Å². The topological polar surface area (TPSA) is 42.6 Å². The highest BCUT2D eigenvalue weighted by atomic mass is 16.3. The van der Waals surface area contributed by atoms with Crippen LogP contribution in [0.1, 0.15) is 77.0 Å². The summed E-state index contributed by atoms with van der Waals surface area (Å²) in [6.07, 6.45) is 5.96. The second-order valence-corrected chi connectivity index (χ2v) is 28.0. The van der Waals surface area contributed by atoms with Gasteiger partial charge in [0, 0.05) is 77.2 Å². The van der Waals surface area contributed by atoms with Gasteiger partial charge in [-0.15, -0.1) is 0 Å². The zero-order valence-electron chi connectivity index (χ0n) is 55.3. The van der Waals surface area contributed by atoms with E-state index in [0.717, 1.165) is 93.8 Å². The molecule has 0 unspecified atom stereocenters. The summed E-state index contributed by atoms with van der Waals surface area (Å²) in [5, 5.41) is 9.38. The molecule has 0 aliphatic carbocycles. The Morgan fingerprint density at radius 2 is 0.732 bits per heavy atom. The molecule has 2 aliphatic rings. The van der Waals surface area contributed by atoms with Crippen LogP contribution in [0.5, 0.6) is 0 Å². The van der Waals surface area contributed by atoms with Crippen molar-refractivity contribution in [1.82, 2.24) is 9.13 Å². The molecule has 466 valence electrons. The fourth-order valence-corrected chi connectivity index (χ4v) is 16.5. The van der Waals surface area contributed by atoms with Gasteiger partial charge in [-0.1, -0.05) is 205 Å². The first kappa shape index (κ1) is 57.2. The van der Waals surface area contributed by atoms with Crippen LogP contribution in [-0.2, 0) is 18.3 Å². The van der Waals surface area contributed by atoms with E-state index >= 15 is 0 Å². The Bertz CT molecular complexity index is 5700. The third-order valence-corrected chi connectivity index (χ3v) is 21.2. The molecule has 0 bridgehead atoms. The minimum absolute atomic E-state index is 0.173. The largest absolute Gasteiger partial charge is 0.456 e. The number of aromatic nitrogens is 2. The molecule has 6 nitrogen and oxygen atoms in total. The summed E-state index contributed by atoms with van der Waals surface area (Å²) in [5.41, 5.74) is 29.8. The van der Waals surface area contributed by atoms with Crippen molar-refractivity contribution in [2.75, 3.05) is 9.80 Å². The third-order valence-electron chi connectivity index (χ3n) is 21.2. The fraction of sp³-hybridized carbons (Fsp3) is 0.133. The number of furan rings is 2. The van der Waals surface area contributed by atoms with E-state index in [-0.39, 0.29) is 12.1 Å². The average molecular weight is 1250 g/mol. The van der Waals surface area contributed by atoms with Gasteiger partial charge in [0.25, 0.3) is 6.71 Å². The Hall–Kier alpha value is -11.3. The van der Waals surface area contributed by atoms with E-state index in [0.29, 0.717) is 0 Å². The highest BCUT2D eigenvalue weighted by Crippen LogP contribution is 2.51. The van der Waals surface area contributed by atoms with Crippen LogP contribution in [0.3, 0.4) is 0 Å². The molecule has 17 aromatic rings. The summed E-state index contributed by atoms with van der Waals surface area (Å²) >= 11 is 0. The maximum absolute atomic E-state index is 6.83. The van der Waals surface area contributed by atoms with Crippen molar-refractivity contribution in [3.8, 4) is 33.6 Å². The molecule has 19 rings (SSSR count). The Morgan fingerprint density at radius 1 is 0.320 bits per heavy atom. The molecule has 0 radical (unpaired) electrons. The molecule has 0 saturated carbocycles. The minimum atomic E-state index is -0.267. The molecule has 0 N–H and O–H groups in total. The second kappa shape index (κ2) is 22.2. The molecule has 97 heavy (non-hydrogen) atoms. The molecule has 0 amide bonds. The highest BCUT2D eigenvalue weighted by Gasteiger charge is 2.45. The smallest absolute Gasteiger partial charge is 0.252 e. The van der Waals surface area contributed by atoms with Gasteiger partial charge in [0.1, 0.15) is 22.3 Å². The predicted molar refractivity (Wildman–Crippen MR) is 410 cm³/mol. The van der Waals surface area contributed by atoms with Crippen molar-refractivity contribution in [3.05, 3.63) is 284 Å². The molecule has 13 aromatic carbocycles. The molecular weight excluding hydrogens is 1180 g/mol. The van der Waals surface area contributed by atoms with Crippen LogP contribution in [0.15, 0.2) is 276 Å². The standard InChI is InChI=1S/C90H71BN4O2/c1-6-8-24-60-48-87-71(67-32-18-22-36-85(67)96-87)54-79(60)94-81-52-63(92-75-34-20-16-30-65(75)69-46-58(38-44-77(69)92)56-26-12-10-13-27-56)40-42-73(81)91-74-43-41-64(93-76-35-21-17-31-66(76)70-47-59(39-45-78(70)93)57-28-14-11-15-29-57)53-82(74)95(84-51-62(90(3,4)5)50-83(94)89(84)91)80-55-72-68-33-19-23-37-86(68)97-88(72)49-61(80)25-9-7-2/h10-23,26-55H,6-9,24-25H2,1-5H3. The first-order chi connectivity index (χ1) is 47.6. The van der Waals surface area contributed by atoms with Gasteiger partial charge >= 0.3 is 0 Å². The number of aryl methyl sites for hydroxylation is 2. The Labute approximate surface area is 564 Å². The fourth-order valence-electron chi connectivity index (χ4n) is 16.5. The lowest BCUT2D eigenvalue weighted by atomic mass is 9.33. The molecule has 0 fully saturated rings. The lowest BCUT2D eigenvalue weighted by molar-refractivity contribution is 0.590. The van der Waals surface area contributed by atoms with Crippen LogP contribution in [0.4, 0.5) is 34.1 Å². The van der Waals surface area contributed by atoms with Crippen LogP contribution in [0.2, 0.25) is 0 Å². The van der Waals surface area contributed by atoms with Crippen LogP contribution < -0.4 is 26.2 Å². The molecule has 6 heterocycles. The summed E-state index contributed by atoms with van der Waals surface area (Å²) in [6.45, 7) is 11.6. The molecule has 7 heteroatoms. The number of fused-ring (bicyclic) bond motifs is 16. The van der Waals surface area contributed by atoms with Gasteiger partial charge in [-0.2, -0.15) is 0 Å². The maximum atomic E-state index is 6.83. The van der Waals surface area contributed by atoms with Gasteiger partial charge < -0.3 is 27.8 Å². The predicted octanol–water partition coefficient (Wildman–Crippen LogP) is 23.1. The molecule has 2 aliphatic heterocycles. The lowest BCUT2D eigenvalue weighted by Crippen LogP contribution is -2.61. The van der Waals surface area contributed by atoms with Crippen molar-refractivity contribution in [2.24, 2.45) is 0 Å². The van der Waals surface area contributed by atoms with Crippen LogP contribution in [0, 0.1) is 0 Å². The number of anilines is 6. The number of unbranched alkanes of at least 4 members (excludes halogenated alkanes) is 2. The SMILES string of the molecule is CCCCc1cc2oc3ccccc3c2cc1N1c2cc(-n3c4ccccc4c4cc(-c5ccccc5)ccc43)ccc2B2c3ccc(-n4c5ccccc5c5cc(-c6ccccc6)ccc54)cc3N(c3cc4c(cc3CCCC)oc3ccccc34)c3cc(C(C)(C)C)cc1c32. The van der Waals surface area contributed by atoms with Gasteiger partial charge in [0.15, 0.2) is 0 Å². The van der Waals surface area contributed by atoms with Crippen LogP contribution in [0.25, 0.3) is 121 Å². The van der Waals surface area contributed by atoms with Gasteiger partial charge in [-0.3, -0.25) is 0 Å². The maximum Gasteiger partial charge on any atom is 0.252 e. The summed E-state index contributed by atoms with van der Waals surface area (Å²) < 4.78 is 18.7. The van der Waals surface area contributed by atoms with Crippen molar-refractivity contribution >= 4 is 145 Å². The first-order valence-corrected chi connectivity index (χ1v) is 34.8. The normalized spacial score (nSPS) is 13.0. The van der Waals surface area contributed by atoms with Crippen molar-refractivity contribution in [1.29, 1.82) is 0 Å². The zero-order chi connectivity index (χ0) is 64.8. The van der Waals surface area contributed by atoms with E-state index < -0.39 is 0 Å². The summed E-state index contributed by atoms with van der Waals surface area (Å²) in [4.78, 5) is 5.39. The zero-order valence-corrected chi connectivity index (χ0v) is 55.3. The van der Waals surface area contributed by atoms with Gasteiger partial charge in [-0.05, 0) is 196 Å². The molecule has 4 aromatic heterocycles. The van der Waals surface area contributed by atoms with E-state index in [2.05, 4.69) is 320 Å². The van der Waals surface area contributed by atoms with E-state index in [1.165, 1.54) is 133 Å². The molecule has 0 spiro atoms. The minimum Gasteiger partial charge on any atom is -0.456 e. The van der Waals surface area contributed by atoms with Crippen molar-refractivity contribution < 1.29 is 8.83 Å². The number of benzene rings is 13. The summed E-state index contributed by atoms with van der Waals surface area (Å²) in [7, 11) is 0. The number of hydrogen-bond acceptors (Lipinski definition) is 4. The Balaban J connectivity index is 0.931. The Kier molecular flexibility index (Phi) is 13.1. The number of nitrogens with zero attached hydrogens (tertiary/aromatic N) is 4. The number of rotatable bonds is 12. The van der Waals surface area contributed by atoms with Crippen molar-refractivity contribution in [3.63, 3.8) is 0 Å². The van der Waals surface area contributed by atoms with E-state index in [9.17, 15) is 0 Å². The Morgan fingerprint density at radius 3 is 1.18 bits per heavy atom. The lowest BCUT2D eigenvalue weighted by Gasteiger charge is -2.46. The second-order valence-electron chi connectivity index (χ2n) is 28.0. The molecule has 0 saturated heterocycles. The van der Waals surface area contributed by atoms with Crippen LogP contribution >= 0.6 is 0 Å². The van der Waals surface area contributed by atoms with Crippen LogP contribution in [-0.4, -0.2) is 15.8 Å². The van der Waals surface area contributed by atoms with Gasteiger partial charge in [-0.25, -0.2) is 0 Å². The number of para-hydroxylation sites is 4. The monoisotopic (exact) mass is 1250 g/mol. The molecular formula is C90H71BN4O2.